The first-order valence-corrected chi connectivity index (χ1v) is 7.56. The first-order chi connectivity index (χ1) is 9.13. The van der Waals surface area contributed by atoms with Crippen molar-refractivity contribution in [1.82, 2.24) is 0 Å². The van der Waals surface area contributed by atoms with Crippen molar-refractivity contribution in [2.75, 3.05) is 13.7 Å². The van der Waals surface area contributed by atoms with Crippen LogP contribution in [0.5, 0.6) is 5.75 Å². The third-order valence-electron chi connectivity index (χ3n) is 2.65. The van der Waals surface area contributed by atoms with E-state index in [2.05, 4.69) is 0 Å². The average molecular weight is 284 g/mol. The normalized spacial score (nSPS) is 13.6. The molecule has 1 aromatic rings. The fourth-order valence-corrected chi connectivity index (χ4v) is 3.11. The van der Waals surface area contributed by atoms with Crippen molar-refractivity contribution < 1.29 is 18.5 Å². The SMILES string of the molecule is CCCC(C(=O)OCC)S(=O)c1ccc(OC)cc1. The molecular weight excluding hydrogens is 264 g/mol. The molecule has 0 spiro atoms. The molecule has 0 radical (unpaired) electrons. The monoisotopic (exact) mass is 284 g/mol. The Morgan fingerprint density at radius 1 is 1.26 bits per heavy atom. The molecule has 106 valence electrons. The zero-order valence-electron chi connectivity index (χ0n) is 11.5. The van der Waals surface area contributed by atoms with Gasteiger partial charge in [0, 0.05) is 4.90 Å². The van der Waals surface area contributed by atoms with Crippen LogP contribution in [0.1, 0.15) is 26.7 Å². The minimum atomic E-state index is -1.39. The van der Waals surface area contributed by atoms with E-state index in [1.54, 1.807) is 38.3 Å². The summed E-state index contributed by atoms with van der Waals surface area (Å²) in [5.74, 6) is 0.308. The molecule has 0 aliphatic rings. The fraction of sp³-hybridized carbons (Fsp3) is 0.500. The molecule has 0 N–H and O–H groups in total. The first kappa shape index (κ1) is 15.7. The van der Waals surface area contributed by atoms with E-state index >= 15 is 0 Å². The lowest BCUT2D eigenvalue weighted by Gasteiger charge is -2.14. The van der Waals surface area contributed by atoms with Crippen molar-refractivity contribution in [3.05, 3.63) is 24.3 Å². The molecule has 4 nitrogen and oxygen atoms in total. The van der Waals surface area contributed by atoms with Gasteiger partial charge in [-0.3, -0.25) is 9.00 Å². The van der Waals surface area contributed by atoms with Gasteiger partial charge in [-0.1, -0.05) is 13.3 Å². The third-order valence-corrected chi connectivity index (χ3v) is 4.33. The Morgan fingerprint density at radius 2 is 1.89 bits per heavy atom. The lowest BCUT2D eigenvalue weighted by atomic mass is 10.2. The van der Waals surface area contributed by atoms with Crippen LogP contribution in [0.4, 0.5) is 0 Å². The van der Waals surface area contributed by atoms with Crippen LogP contribution >= 0.6 is 0 Å². The second kappa shape index (κ2) is 7.94. The van der Waals surface area contributed by atoms with Gasteiger partial charge in [0.25, 0.3) is 0 Å². The van der Waals surface area contributed by atoms with Gasteiger partial charge in [-0.25, -0.2) is 0 Å². The summed E-state index contributed by atoms with van der Waals surface area (Å²) in [6.45, 7) is 4.01. The van der Waals surface area contributed by atoms with Crippen molar-refractivity contribution in [1.29, 1.82) is 0 Å². The standard InChI is InChI=1S/C14H20O4S/c1-4-6-13(14(15)18-5-2)19(16)12-9-7-11(17-3)8-10-12/h7-10,13H,4-6H2,1-3H3. The van der Waals surface area contributed by atoms with Crippen LogP contribution in [0.15, 0.2) is 29.2 Å². The lowest BCUT2D eigenvalue weighted by molar-refractivity contribution is -0.142. The summed E-state index contributed by atoms with van der Waals surface area (Å²) < 4.78 is 22.5. The summed E-state index contributed by atoms with van der Waals surface area (Å²) in [5.41, 5.74) is 0. The molecule has 5 heteroatoms. The number of rotatable bonds is 7. The number of ether oxygens (including phenoxy) is 2. The molecule has 2 unspecified atom stereocenters. The highest BCUT2D eigenvalue weighted by Gasteiger charge is 2.26. The smallest absolute Gasteiger partial charge is 0.322 e. The number of benzene rings is 1. The van der Waals surface area contributed by atoms with E-state index in [1.165, 1.54) is 0 Å². The maximum atomic E-state index is 12.4. The number of esters is 1. The van der Waals surface area contributed by atoms with Gasteiger partial charge in [0.05, 0.1) is 24.5 Å². The molecule has 0 amide bonds. The summed E-state index contributed by atoms with van der Waals surface area (Å²) in [6, 6.07) is 6.91. The Balaban J connectivity index is 2.88. The van der Waals surface area contributed by atoms with E-state index in [1.807, 2.05) is 6.92 Å². The molecule has 2 atom stereocenters. The Hall–Kier alpha value is -1.36. The molecule has 0 aliphatic carbocycles. The Bertz CT molecular complexity index is 428. The largest absolute Gasteiger partial charge is 0.497 e. The topological polar surface area (TPSA) is 52.6 Å². The number of carbonyl (C=O) groups excluding carboxylic acids is 1. The Labute approximate surface area is 116 Å². The van der Waals surface area contributed by atoms with Gasteiger partial charge >= 0.3 is 5.97 Å². The van der Waals surface area contributed by atoms with Crippen molar-refractivity contribution in [3.8, 4) is 5.75 Å². The molecule has 1 aromatic carbocycles. The van der Waals surface area contributed by atoms with E-state index in [-0.39, 0.29) is 0 Å². The fourth-order valence-electron chi connectivity index (χ4n) is 1.68. The molecule has 0 aliphatic heterocycles. The molecule has 0 saturated heterocycles. The predicted molar refractivity (Wildman–Crippen MR) is 74.7 cm³/mol. The van der Waals surface area contributed by atoms with Crippen LogP contribution in [0.3, 0.4) is 0 Å². The van der Waals surface area contributed by atoms with Gasteiger partial charge in [0.1, 0.15) is 11.0 Å². The Morgan fingerprint density at radius 3 is 2.37 bits per heavy atom. The van der Waals surface area contributed by atoms with Crippen LogP contribution in [-0.2, 0) is 20.3 Å². The Kier molecular flexibility index (Phi) is 6.56. The van der Waals surface area contributed by atoms with Crippen molar-refractivity contribution in [2.45, 2.75) is 36.8 Å². The van der Waals surface area contributed by atoms with Gasteiger partial charge in [0.2, 0.25) is 0 Å². The second-order valence-corrected chi connectivity index (χ2v) is 5.64. The summed E-state index contributed by atoms with van der Waals surface area (Å²) in [4.78, 5) is 12.4. The van der Waals surface area contributed by atoms with E-state index in [0.717, 1.165) is 6.42 Å². The van der Waals surface area contributed by atoms with Crippen LogP contribution in [0.2, 0.25) is 0 Å². The van der Waals surface area contributed by atoms with Gasteiger partial charge in [-0.05, 0) is 37.6 Å². The van der Waals surface area contributed by atoms with E-state index in [4.69, 9.17) is 9.47 Å². The van der Waals surface area contributed by atoms with E-state index < -0.39 is 22.0 Å². The molecule has 0 aromatic heterocycles. The highest BCUT2D eigenvalue weighted by Crippen LogP contribution is 2.19. The number of methoxy groups -OCH3 is 1. The summed E-state index contributed by atoms with van der Waals surface area (Å²) in [7, 11) is 0.181. The second-order valence-electron chi connectivity index (χ2n) is 4.00. The minimum Gasteiger partial charge on any atom is -0.497 e. The summed E-state index contributed by atoms with van der Waals surface area (Å²) in [5, 5.41) is -0.599. The van der Waals surface area contributed by atoms with Crippen LogP contribution in [-0.4, -0.2) is 29.1 Å². The van der Waals surface area contributed by atoms with E-state index in [9.17, 15) is 9.00 Å². The predicted octanol–water partition coefficient (Wildman–Crippen LogP) is 2.53. The minimum absolute atomic E-state index is 0.304. The first-order valence-electron chi connectivity index (χ1n) is 6.35. The van der Waals surface area contributed by atoms with E-state index in [0.29, 0.717) is 23.7 Å². The summed E-state index contributed by atoms with van der Waals surface area (Å²) in [6.07, 6.45) is 1.34. The third kappa shape index (κ3) is 4.35. The van der Waals surface area contributed by atoms with Gasteiger partial charge in [-0.2, -0.15) is 0 Å². The average Bonchev–Trinajstić information content (AvgIpc) is 2.44. The van der Waals surface area contributed by atoms with Crippen molar-refractivity contribution >= 4 is 16.8 Å². The van der Waals surface area contributed by atoms with Gasteiger partial charge < -0.3 is 9.47 Å². The highest BCUT2D eigenvalue weighted by atomic mass is 32.2. The molecule has 0 saturated carbocycles. The van der Waals surface area contributed by atoms with Crippen LogP contribution in [0.25, 0.3) is 0 Å². The number of carbonyl (C=O) groups is 1. The number of hydrogen-bond acceptors (Lipinski definition) is 4. The molecule has 0 bridgehead atoms. The van der Waals surface area contributed by atoms with Crippen LogP contribution < -0.4 is 4.74 Å². The molecule has 1 rings (SSSR count). The van der Waals surface area contributed by atoms with Crippen LogP contribution in [0, 0.1) is 0 Å². The maximum Gasteiger partial charge on any atom is 0.322 e. The molecule has 0 heterocycles. The van der Waals surface area contributed by atoms with Gasteiger partial charge in [-0.15, -0.1) is 0 Å². The highest BCUT2D eigenvalue weighted by molar-refractivity contribution is 7.86. The van der Waals surface area contributed by atoms with Crippen molar-refractivity contribution in [2.24, 2.45) is 0 Å². The lowest BCUT2D eigenvalue weighted by Crippen LogP contribution is -2.28. The van der Waals surface area contributed by atoms with Crippen molar-refractivity contribution in [3.63, 3.8) is 0 Å². The molecular formula is C14H20O4S. The maximum absolute atomic E-state index is 12.4. The van der Waals surface area contributed by atoms with Gasteiger partial charge in [0.15, 0.2) is 0 Å². The molecule has 0 fully saturated rings. The number of hydrogen-bond donors (Lipinski definition) is 0. The quantitative estimate of drug-likeness (QED) is 0.722. The zero-order chi connectivity index (χ0) is 14.3. The molecule has 19 heavy (non-hydrogen) atoms. The zero-order valence-corrected chi connectivity index (χ0v) is 12.4. The summed E-state index contributed by atoms with van der Waals surface area (Å²) >= 11 is 0.